The van der Waals surface area contributed by atoms with Crippen LogP contribution >= 0.6 is 23.4 Å². The van der Waals surface area contributed by atoms with Gasteiger partial charge < -0.3 is 9.84 Å². The molecule has 0 aliphatic carbocycles. The van der Waals surface area contributed by atoms with Crippen LogP contribution in [0, 0.1) is 0 Å². The van der Waals surface area contributed by atoms with Crippen molar-refractivity contribution in [2.45, 2.75) is 0 Å². The molecule has 1 saturated heterocycles. The Labute approximate surface area is 129 Å². The Kier molecular flexibility index (Phi) is 4.54. The fourth-order valence-electron chi connectivity index (χ4n) is 1.70. The number of halogens is 1. The number of carboxylic acids is 1. The summed E-state index contributed by atoms with van der Waals surface area (Å²) < 4.78 is 5.02. The number of hydrogen-bond donors (Lipinski definition) is 1. The summed E-state index contributed by atoms with van der Waals surface area (Å²) in [7, 11) is 1.48. The monoisotopic (exact) mass is 327 g/mol. The average Bonchev–Trinajstić information content (AvgIpc) is 2.66. The highest BCUT2D eigenvalue weighted by Gasteiger charge is 2.36. The minimum Gasteiger partial charge on any atom is -0.495 e. The largest absolute Gasteiger partial charge is 0.495 e. The number of carbonyl (C=O) groups is 3. The summed E-state index contributed by atoms with van der Waals surface area (Å²) in [6.07, 6.45) is 1.48. The van der Waals surface area contributed by atoms with E-state index in [1.165, 1.54) is 13.2 Å². The predicted molar refractivity (Wildman–Crippen MR) is 78.3 cm³/mol. The van der Waals surface area contributed by atoms with Gasteiger partial charge in [-0.1, -0.05) is 17.7 Å². The van der Waals surface area contributed by atoms with Crippen LogP contribution in [0.5, 0.6) is 5.75 Å². The number of carbonyl (C=O) groups excluding carboxylic acids is 2. The lowest BCUT2D eigenvalue weighted by molar-refractivity contribution is -0.140. The number of hydrogen-bond acceptors (Lipinski definition) is 5. The highest BCUT2D eigenvalue weighted by molar-refractivity contribution is 8.18. The molecule has 0 radical (unpaired) electrons. The van der Waals surface area contributed by atoms with Gasteiger partial charge in [-0.15, -0.1) is 0 Å². The highest BCUT2D eigenvalue weighted by atomic mass is 35.5. The molecule has 2 amide bonds. The molecule has 6 nitrogen and oxygen atoms in total. The Morgan fingerprint density at radius 3 is 2.76 bits per heavy atom. The number of rotatable bonds is 4. The summed E-state index contributed by atoms with van der Waals surface area (Å²) in [6, 6.07) is 4.90. The summed E-state index contributed by atoms with van der Waals surface area (Å²) in [6.45, 7) is -0.647. The molecule has 0 unspecified atom stereocenters. The molecule has 0 spiro atoms. The molecule has 21 heavy (non-hydrogen) atoms. The summed E-state index contributed by atoms with van der Waals surface area (Å²) in [5.74, 6) is -1.38. The molecule has 1 aromatic carbocycles. The minimum atomic E-state index is -1.24. The van der Waals surface area contributed by atoms with Gasteiger partial charge in [0.15, 0.2) is 0 Å². The number of ether oxygens (including phenoxy) is 1. The Morgan fingerprint density at radius 2 is 2.19 bits per heavy atom. The van der Waals surface area contributed by atoms with Gasteiger partial charge >= 0.3 is 5.97 Å². The zero-order valence-corrected chi connectivity index (χ0v) is 12.4. The third-order valence-corrected chi connectivity index (χ3v) is 3.84. The second kappa shape index (κ2) is 6.19. The predicted octanol–water partition coefficient (Wildman–Crippen LogP) is 2.47. The first-order valence-electron chi connectivity index (χ1n) is 5.73. The van der Waals surface area contributed by atoms with Crippen LogP contribution in [0.3, 0.4) is 0 Å². The molecule has 110 valence electrons. The fourth-order valence-corrected chi connectivity index (χ4v) is 2.80. The molecule has 8 heteroatoms. The van der Waals surface area contributed by atoms with E-state index in [1.807, 2.05) is 0 Å². The third-order valence-electron chi connectivity index (χ3n) is 2.64. The van der Waals surface area contributed by atoms with Crippen LogP contribution in [0.25, 0.3) is 6.08 Å². The molecule has 1 N–H and O–H groups in total. The van der Waals surface area contributed by atoms with Gasteiger partial charge in [-0.25, -0.2) is 0 Å². The summed E-state index contributed by atoms with van der Waals surface area (Å²) in [5, 5.41) is 8.44. The van der Waals surface area contributed by atoms with Crippen molar-refractivity contribution in [1.29, 1.82) is 0 Å². The number of imide groups is 1. The lowest BCUT2D eigenvalue weighted by atomic mass is 10.2. The molecule has 0 bridgehead atoms. The smallest absolute Gasteiger partial charge is 0.323 e. The van der Waals surface area contributed by atoms with Crippen molar-refractivity contribution in [3.63, 3.8) is 0 Å². The first kappa shape index (κ1) is 15.4. The van der Waals surface area contributed by atoms with Crippen molar-refractivity contribution in [2.75, 3.05) is 13.7 Å². The van der Waals surface area contributed by atoms with Gasteiger partial charge in [0.05, 0.1) is 17.0 Å². The first-order chi connectivity index (χ1) is 9.92. The van der Waals surface area contributed by atoms with Crippen molar-refractivity contribution in [1.82, 2.24) is 4.90 Å². The second-order valence-electron chi connectivity index (χ2n) is 4.06. The van der Waals surface area contributed by atoms with Crippen LogP contribution in [0.2, 0.25) is 5.02 Å². The number of amides is 2. The van der Waals surface area contributed by atoms with Gasteiger partial charge in [-0.2, -0.15) is 0 Å². The average molecular weight is 328 g/mol. The van der Waals surface area contributed by atoms with Crippen LogP contribution in [-0.4, -0.2) is 40.8 Å². The summed E-state index contributed by atoms with van der Waals surface area (Å²) in [4.78, 5) is 35.0. The van der Waals surface area contributed by atoms with E-state index in [0.29, 0.717) is 33.0 Å². The van der Waals surface area contributed by atoms with E-state index in [0.717, 1.165) is 0 Å². The Bertz CT molecular complexity index is 658. The highest BCUT2D eigenvalue weighted by Crippen LogP contribution is 2.33. The number of methoxy groups -OCH3 is 1. The topological polar surface area (TPSA) is 83.9 Å². The van der Waals surface area contributed by atoms with E-state index >= 15 is 0 Å². The lowest BCUT2D eigenvalue weighted by Gasteiger charge is -2.07. The fraction of sp³-hybridized carbons (Fsp3) is 0.154. The molecule has 0 atom stereocenters. The van der Waals surface area contributed by atoms with Crippen LogP contribution in [0.4, 0.5) is 4.79 Å². The maximum absolute atomic E-state index is 12.0. The molecular weight excluding hydrogens is 318 g/mol. The maximum atomic E-state index is 12.0. The van der Waals surface area contributed by atoms with Crippen molar-refractivity contribution in [2.24, 2.45) is 0 Å². The number of carboxylic acid groups (broad SMARTS) is 1. The molecule has 0 aromatic heterocycles. The van der Waals surface area contributed by atoms with E-state index in [-0.39, 0.29) is 4.91 Å². The number of nitrogens with zero attached hydrogens (tertiary/aromatic N) is 1. The quantitative estimate of drug-likeness (QED) is 0.855. The van der Waals surface area contributed by atoms with Crippen LogP contribution < -0.4 is 4.74 Å². The standard InChI is InChI=1S/C13H10ClNO5S/c1-20-9-3-2-7(4-8(9)14)5-10-12(18)15(6-11(16)17)13(19)21-10/h2-5H,6H2,1H3,(H,16,17)/b10-5+. The molecule has 1 heterocycles. The van der Waals surface area contributed by atoms with E-state index in [2.05, 4.69) is 0 Å². The maximum Gasteiger partial charge on any atom is 0.323 e. The van der Waals surface area contributed by atoms with Gasteiger partial charge in [0, 0.05) is 0 Å². The summed E-state index contributed by atoms with van der Waals surface area (Å²) >= 11 is 6.67. The number of aliphatic carboxylic acids is 1. The van der Waals surface area contributed by atoms with Gasteiger partial charge in [0.1, 0.15) is 12.3 Å². The van der Waals surface area contributed by atoms with Gasteiger partial charge in [-0.3, -0.25) is 19.3 Å². The van der Waals surface area contributed by atoms with Crippen molar-refractivity contribution >= 4 is 46.6 Å². The summed E-state index contributed by atoms with van der Waals surface area (Å²) in [5.41, 5.74) is 0.613. The number of thioether (sulfide) groups is 1. The van der Waals surface area contributed by atoms with Gasteiger partial charge in [-0.05, 0) is 35.5 Å². The van der Waals surface area contributed by atoms with Gasteiger partial charge in [0.25, 0.3) is 11.1 Å². The molecular formula is C13H10ClNO5S. The van der Waals surface area contributed by atoms with Crippen molar-refractivity contribution in [3.8, 4) is 5.75 Å². The van der Waals surface area contributed by atoms with Crippen LogP contribution in [0.15, 0.2) is 23.1 Å². The Hall–Kier alpha value is -1.99. The zero-order valence-electron chi connectivity index (χ0n) is 10.8. The van der Waals surface area contributed by atoms with Crippen LogP contribution in [-0.2, 0) is 9.59 Å². The minimum absolute atomic E-state index is 0.155. The number of benzene rings is 1. The van der Waals surface area contributed by atoms with Crippen LogP contribution in [0.1, 0.15) is 5.56 Å². The third kappa shape index (κ3) is 3.37. The normalized spacial score (nSPS) is 16.7. The van der Waals surface area contributed by atoms with E-state index in [9.17, 15) is 14.4 Å². The Morgan fingerprint density at radius 1 is 1.48 bits per heavy atom. The van der Waals surface area contributed by atoms with E-state index in [1.54, 1.807) is 18.2 Å². The van der Waals surface area contributed by atoms with Crippen molar-refractivity contribution in [3.05, 3.63) is 33.7 Å². The molecule has 2 rings (SSSR count). The molecule has 1 aromatic rings. The molecule has 1 aliphatic heterocycles. The molecule has 1 fully saturated rings. The zero-order chi connectivity index (χ0) is 15.6. The SMILES string of the molecule is COc1ccc(/C=C2/SC(=O)N(CC(=O)O)C2=O)cc1Cl. The van der Waals surface area contributed by atoms with E-state index in [4.69, 9.17) is 21.4 Å². The first-order valence-corrected chi connectivity index (χ1v) is 6.92. The molecule has 1 aliphatic rings. The second-order valence-corrected chi connectivity index (χ2v) is 5.46. The lowest BCUT2D eigenvalue weighted by Crippen LogP contribution is -2.33. The van der Waals surface area contributed by atoms with Crippen molar-refractivity contribution < 1.29 is 24.2 Å². The molecule has 0 saturated carbocycles. The van der Waals surface area contributed by atoms with Gasteiger partial charge in [0.2, 0.25) is 0 Å². The van der Waals surface area contributed by atoms with E-state index < -0.39 is 23.7 Å². The Balaban J connectivity index is 2.26.